The standard InChI is InChI=1S/C25H30N4O3.ClH/c1-5-28(6-2)13-12-26-25(30)23-20-14-17-15-21(31-3)22(32-4)16-19(17)24(20)29(27-23)18-10-8-7-9-11-18;/h7-11,15-16H,5-6,12-14H2,1-4H3,(H,26,30);1H. The van der Waals surface area contributed by atoms with E-state index in [0.717, 1.165) is 47.7 Å². The second kappa shape index (κ2) is 10.7. The van der Waals surface area contributed by atoms with Crippen LogP contribution in [0.4, 0.5) is 0 Å². The molecule has 0 unspecified atom stereocenters. The lowest BCUT2D eigenvalue weighted by Crippen LogP contribution is -2.35. The molecule has 1 aromatic heterocycles. The second-order valence-corrected chi connectivity index (χ2v) is 7.75. The number of hydrogen-bond donors (Lipinski definition) is 1. The monoisotopic (exact) mass is 470 g/mol. The zero-order chi connectivity index (χ0) is 22.7. The molecule has 0 atom stereocenters. The fourth-order valence-electron chi connectivity index (χ4n) is 4.26. The summed E-state index contributed by atoms with van der Waals surface area (Å²) in [6.07, 6.45) is 0.622. The summed E-state index contributed by atoms with van der Waals surface area (Å²) in [5.41, 5.74) is 5.35. The van der Waals surface area contributed by atoms with E-state index in [4.69, 9.17) is 14.6 Å². The minimum absolute atomic E-state index is 0. The molecule has 0 fully saturated rings. The zero-order valence-electron chi connectivity index (χ0n) is 19.6. The summed E-state index contributed by atoms with van der Waals surface area (Å²) in [7, 11) is 3.26. The van der Waals surface area contributed by atoms with Crippen molar-refractivity contribution in [2.45, 2.75) is 20.3 Å². The Morgan fingerprint density at radius 2 is 1.76 bits per heavy atom. The summed E-state index contributed by atoms with van der Waals surface area (Å²) in [5.74, 6) is 1.20. The summed E-state index contributed by atoms with van der Waals surface area (Å²) < 4.78 is 12.9. The van der Waals surface area contributed by atoms with Crippen molar-refractivity contribution < 1.29 is 14.3 Å². The van der Waals surface area contributed by atoms with Gasteiger partial charge in [0.2, 0.25) is 0 Å². The van der Waals surface area contributed by atoms with Crippen molar-refractivity contribution in [1.82, 2.24) is 20.0 Å². The number of carbonyl (C=O) groups is 1. The van der Waals surface area contributed by atoms with Gasteiger partial charge in [-0.1, -0.05) is 32.0 Å². The predicted molar refractivity (Wildman–Crippen MR) is 132 cm³/mol. The average Bonchev–Trinajstić information content (AvgIpc) is 3.38. The van der Waals surface area contributed by atoms with E-state index in [1.54, 1.807) is 14.2 Å². The van der Waals surface area contributed by atoms with Crippen LogP contribution in [-0.4, -0.2) is 61.0 Å². The van der Waals surface area contributed by atoms with Gasteiger partial charge in [0.25, 0.3) is 5.91 Å². The number of likely N-dealkylation sites (N-methyl/N-ethyl adjacent to an activating group) is 1. The van der Waals surface area contributed by atoms with Crippen LogP contribution in [0.3, 0.4) is 0 Å². The summed E-state index contributed by atoms with van der Waals surface area (Å²) in [4.78, 5) is 15.4. The molecule has 1 heterocycles. The predicted octanol–water partition coefficient (Wildman–Crippen LogP) is 3.95. The smallest absolute Gasteiger partial charge is 0.272 e. The molecule has 4 rings (SSSR count). The van der Waals surface area contributed by atoms with Gasteiger partial charge in [0.1, 0.15) is 0 Å². The van der Waals surface area contributed by atoms with Crippen LogP contribution in [0.25, 0.3) is 16.9 Å². The molecule has 1 amide bonds. The molecule has 0 radical (unpaired) electrons. The Bertz CT molecular complexity index is 1110. The maximum absolute atomic E-state index is 13.1. The number of hydrogen-bond acceptors (Lipinski definition) is 5. The fraction of sp³-hybridized carbons (Fsp3) is 0.360. The van der Waals surface area contributed by atoms with Crippen molar-refractivity contribution >= 4 is 18.3 Å². The maximum atomic E-state index is 13.1. The SMILES string of the molecule is CCN(CC)CCNC(=O)c1nn(-c2ccccc2)c2c1Cc1cc(OC)c(OC)cc1-2.Cl. The third kappa shape index (κ3) is 4.70. The molecule has 33 heavy (non-hydrogen) atoms. The Kier molecular flexibility index (Phi) is 8.00. The normalized spacial score (nSPS) is 11.5. The number of fused-ring (bicyclic) bond motifs is 3. The minimum Gasteiger partial charge on any atom is -0.493 e. The van der Waals surface area contributed by atoms with Gasteiger partial charge in [0.05, 0.1) is 25.6 Å². The van der Waals surface area contributed by atoms with E-state index in [1.165, 1.54) is 0 Å². The molecule has 1 aliphatic carbocycles. The highest BCUT2D eigenvalue weighted by molar-refractivity contribution is 5.97. The van der Waals surface area contributed by atoms with Crippen LogP contribution < -0.4 is 14.8 Å². The molecule has 0 spiro atoms. The van der Waals surface area contributed by atoms with Gasteiger partial charge < -0.3 is 19.7 Å². The minimum atomic E-state index is -0.144. The van der Waals surface area contributed by atoms with Gasteiger partial charge in [-0.15, -0.1) is 12.4 Å². The molecule has 0 saturated carbocycles. The van der Waals surface area contributed by atoms with E-state index in [1.807, 2.05) is 47.1 Å². The lowest BCUT2D eigenvalue weighted by Gasteiger charge is -2.17. The topological polar surface area (TPSA) is 68.6 Å². The first-order chi connectivity index (χ1) is 15.6. The molecule has 0 saturated heterocycles. The van der Waals surface area contributed by atoms with Crippen LogP contribution in [0.2, 0.25) is 0 Å². The van der Waals surface area contributed by atoms with Crippen LogP contribution in [0.5, 0.6) is 11.5 Å². The second-order valence-electron chi connectivity index (χ2n) is 7.75. The number of ether oxygens (including phenoxy) is 2. The Labute approximate surface area is 201 Å². The van der Waals surface area contributed by atoms with Crippen LogP contribution in [-0.2, 0) is 6.42 Å². The number of para-hydroxylation sites is 1. The van der Waals surface area contributed by atoms with Crippen LogP contribution in [0.1, 0.15) is 35.5 Å². The number of benzene rings is 2. The number of methoxy groups -OCH3 is 2. The Balaban J connectivity index is 0.00000306. The number of rotatable bonds is 9. The molecule has 176 valence electrons. The summed E-state index contributed by atoms with van der Waals surface area (Å²) in [6, 6.07) is 13.9. The molecule has 1 N–H and O–H groups in total. The third-order valence-corrected chi connectivity index (χ3v) is 6.04. The van der Waals surface area contributed by atoms with Crippen molar-refractivity contribution in [3.8, 4) is 28.4 Å². The van der Waals surface area contributed by atoms with Gasteiger partial charge in [0.15, 0.2) is 17.2 Å². The molecular weight excluding hydrogens is 440 g/mol. The van der Waals surface area contributed by atoms with E-state index >= 15 is 0 Å². The molecule has 8 heteroatoms. The highest BCUT2D eigenvalue weighted by Gasteiger charge is 2.32. The van der Waals surface area contributed by atoms with E-state index in [9.17, 15) is 4.79 Å². The van der Waals surface area contributed by atoms with E-state index in [2.05, 4.69) is 24.1 Å². The van der Waals surface area contributed by atoms with Gasteiger partial charge in [-0.2, -0.15) is 5.10 Å². The van der Waals surface area contributed by atoms with Gasteiger partial charge in [-0.3, -0.25) is 4.79 Å². The van der Waals surface area contributed by atoms with Gasteiger partial charge in [-0.25, -0.2) is 4.68 Å². The third-order valence-electron chi connectivity index (χ3n) is 6.04. The number of aromatic nitrogens is 2. The Morgan fingerprint density at radius 1 is 1.09 bits per heavy atom. The lowest BCUT2D eigenvalue weighted by molar-refractivity contribution is 0.0942. The van der Waals surface area contributed by atoms with Crippen LogP contribution >= 0.6 is 12.4 Å². The van der Waals surface area contributed by atoms with Crippen molar-refractivity contribution in [1.29, 1.82) is 0 Å². The zero-order valence-corrected chi connectivity index (χ0v) is 20.4. The molecule has 1 aliphatic rings. The first kappa shape index (κ1) is 24.6. The number of carbonyl (C=O) groups excluding carboxylic acids is 1. The quantitative estimate of drug-likeness (QED) is 0.401. The Morgan fingerprint density at radius 3 is 2.39 bits per heavy atom. The van der Waals surface area contributed by atoms with E-state index < -0.39 is 0 Å². The molecule has 0 bridgehead atoms. The summed E-state index contributed by atoms with van der Waals surface area (Å²) in [5, 5.41) is 7.81. The van der Waals surface area contributed by atoms with Gasteiger partial charge >= 0.3 is 0 Å². The summed E-state index contributed by atoms with van der Waals surface area (Å²) in [6.45, 7) is 7.57. The lowest BCUT2D eigenvalue weighted by atomic mass is 10.1. The van der Waals surface area contributed by atoms with Crippen molar-refractivity contribution in [3.05, 3.63) is 59.3 Å². The molecule has 7 nitrogen and oxygen atoms in total. The number of nitrogens with zero attached hydrogens (tertiary/aromatic N) is 3. The highest BCUT2D eigenvalue weighted by Crippen LogP contribution is 2.44. The van der Waals surface area contributed by atoms with Crippen molar-refractivity contribution in [3.63, 3.8) is 0 Å². The maximum Gasteiger partial charge on any atom is 0.272 e. The van der Waals surface area contributed by atoms with Crippen molar-refractivity contribution in [2.75, 3.05) is 40.4 Å². The van der Waals surface area contributed by atoms with Gasteiger partial charge in [0, 0.05) is 30.6 Å². The summed E-state index contributed by atoms with van der Waals surface area (Å²) >= 11 is 0. The number of nitrogens with one attached hydrogen (secondary N) is 1. The Hall–Kier alpha value is -3.03. The molecule has 0 aliphatic heterocycles. The molecular formula is C25H31ClN4O3. The van der Waals surface area contributed by atoms with Crippen LogP contribution in [0, 0.1) is 0 Å². The molecule has 3 aromatic rings. The van der Waals surface area contributed by atoms with Gasteiger partial charge in [-0.05, 0) is 42.9 Å². The van der Waals surface area contributed by atoms with Crippen molar-refractivity contribution in [2.24, 2.45) is 0 Å². The first-order valence-corrected chi connectivity index (χ1v) is 11.0. The fourth-order valence-corrected chi connectivity index (χ4v) is 4.26. The van der Waals surface area contributed by atoms with E-state index in [-0.39, 0.29) is 18.3 Å². The number of halogens is 1. The average molecular weight is 471 g/mol. The highest BCUT2D eigenvalue weighted by atomic mass is 35.5. The first-order valence-electron chi connectivity index (χ1n) is 11.0. The van der Waals surface area contributed by atoms with E-state index in [0.29, 0.717) is 30.2 Å². The largest absolute Gasteiger partial charge is 0.493 e. The molecule has 2 aromatic carbocycles. The van der Waals surface area contributed by atoms with Crippen LogP contribution in [0.15, 0.2) is 42.5 Å². The number of amides is 1.